The van der Waals surface area contributed by atoms with Gasteiger partial charge >= 0.3 is 0 Å². The van der Waals surface area contributed by atoms with Crippen molar-refractivity contribution in [3.63, 3.8) is 0 Å². The quantitative estimate of drug-likeness (QED) is 0.854. The summed E-state index contributed by atoms with van der Waals surface area (Å²) < 4.78 is 15.9. The summed E-state index contributed by atoms with van der Waals surface area (Å²) in [7, 11) is 2.87. The number of morpholine rings is 1. The minimum Gasteiger partial charge on any atom is -0.502 e. The van der Waals surface area contributed by atoms with Crippen LogP contribution >= 0.6 is 0 Å². The number of phenols is 1. The zero-order valence-electron chi connectivity index (χ0n) is 14.2. The molecule has 132 valence electrons. The van der Waals surface area contributed by atoms with E-state index in [1.54, 1.807) is 0 Å². The smallest absolute Gasteiger partial charge is 0.251 e. The fourth-order valence-electron chi connectivity index (χ4n) is 3.44. The standard InChI is InChI=1S/C17H24N2O5/c1-10-7-19-8-12(6-13(19)9-24-10)18-17(21)11-4-14(22-2)16(20)15(5-11)23-3/h4-5,10,12-13,20H,6-9H2,1-3H3,(H,18,21)/t10-,12+,13-/m0/s1. The molecule has 0 aromatic heterocycles. The van der Waals surface area contributed by atoms with Crippen LogP contribution in [0.15, 0.2) is 12.1 Å². The molecule has 0 radical (unpaired) electrons. The number of benzene rings is 1. The number of rotatable bonds is 4. The van der Waals surface area contributed by atoms with Gasteiger partial charge in [0.25, 0.3) is 5.91 Å². The van der Waals surface area contributed by atoms with Gasteiger partial charge in [-0.1, -0.05) is 0 Å². The lowest BCUT2D eigenvalue weighted by Gasteiger charge is -2.33. The molecule has 1 aromatic rings. The molecular weight excluding hydrogens is 312 g/mol. The van der Waals surface area contributed by atoms with Crippen LogP contribution in [-0.4, -0.2) is 68.0 Å². The number of hydrogen-bond donors (Lipinski definition) is 2. The Kier molecular flexibility index (Phi) is 4.82. The number of fused-ring (bicyclic) bond motifs is 1. The summed E-state index contributed by atoms with van der Waals surface area (Å²) >= 11 is 0. The molecule has 3 atom stereocenters. The number of carbonyl (C=O) groups is 1. The average Bonchev–Trinajstić information content (AvgIpc) is 2.96. The average molecular weight is 336 g/mol. The normalized spacial score (nSPS) is 26.7. The second kappa shape index (κ2) is 6.86. The summed E-state index contributed by atoms with van der Waals surface area (Å²) in [6.45, 7) is 4.51. The Morgan fingerprint density at radius 2 is 1.96 bits per heavy atom. The lowest BCUT2D eigenvalue weighted by atomic mass is 10.1. The van der Waals surface area contributed by atoms with Crippen LogP contribution in [0.3, 0.4) is 0 Å². The molecule has 0 saturated carbocycles. The highest BCUT2D eigenvalue weighted by Gasteiger charge is 2.36. The van der Waals surface area contributed by atoms with Gasteiger partial charge in [-0.05, 0) is 25.5 Å². The second-order valence-corrected chi connectivity index (χ2v) is 6.39. The van der Waals surface area contributed by atoms with Crippen molar-refractivity contribution in [2.24, 2.45) is 0 Å². The number of ether oxygens (including phenoxy) is 3. The topological polar surface area (TPSA) is 80.3 Å². The Labute approximate surface area is 141 Å². The zero-order chi connectivity index (χ0) is 17.3. The lowest BCUT2D eigenvalue weighted by molar-refractivity contribution is -0.0390. The van der Waals surface area contributed by atoms with Gasteiger partial charge in [-0.15, -0.1) is 0 Å². The molecule has 0 spiro atoms. The molecule has 0 bridgehead atoms. The number of carbonyl (C=O) groups excluding carboxylic acids is 1. The summed E-state index contributed by atoms with van der Waals surface area (Å²) in [5.41, 5.74) is 0.399. The highest BCUT2D eigenvalue weighted by molar-refractivity contribution is 5.95. The first-order valence-corrected chi connectivity index (χ1v) is 8.13. The number of amides is 1. The Bertz CT molecular complexity index is 596. The van der Waals surface area contributed by atoms with Crippen molar-refractivity contribution in [1.29, 1.82) is 0 Å². The minimum absolute atomic E-state index is 0.0854. The van der Waals surface area contributed by atoms with Crippen LogP contribution in [0.1, 0.15) is 23.7 Å². The van der Waals surface area contributed by atoms with Crippen molar-refractivity contribution >= 4 is 5.91 Å². The van der Waals surface area contributed by atoms with Crippen LogP contribution in [0.25, 0.3) is 0 Å². The van der Waals surface area contributed by atoms with E-state index in [1.165, 1.54) is 26.4 Å². The Morgan fingerprint density at radius 3 is 2.58 bits per heavy atom. The summed E-state index contributed by atoms with van der Waals surface area (Å²) in [4.78, 5) is 14.9. The molecule has 2 N–H and O–H groups in total. The minimum atomic E-state index is -0.203. The number of methoxy groups -OCH3 is 2. The van der Waals surface area contributed by atoms with Gasteiger partial charge in [-0.25, -0.2) is 0 Å². The van der Waals surface area contributed by atoms with E-state index in [9.17, 15) is 9.90 Å². The van der Waals surface area contributed by atoms with Crippen molar-refractivity contribution in [2.75, 3.05) is 33.9 Å². The van der Waals surface area contributed by atoms with E-state index in [4.69, 9.17) is 14.2 Å². The zero-order valence-corrected chi connectivity index (χ0v) is 14.2. The molecule has 24 heavy (non-hydrogen) atoms. The van der Waals surface area contributed by atoms with Crippen molar-refractivity contribution in [1.82, 2.24) is 10.2 Å². The molecule has 1 aromatic carbocycles. The number of nitrogens with zero attached hydrogens (tertiary/aromatic N) is 1. The van der Waals surface area contributed by atoms with Crippen LogP contribution in [0, 0.1) is 0 Å². The molecule has 0 aliphatic carbocycles. The Balaban J connectivity index is 1.69. The summed E-state index contributed by atoms with van der Waals surface area (Å²) in [5.74, 6) is 0.113. The molecule has 7 nitrogen and oxygen atoms in total. The van der Waals surface area contributed by atoms with E-state index in [0.717, 1.165) is 19.5 Å². The first-order valence-electron chi connectivity index (χ1n) is 8.13. The third-order valence-electron chi connectivity index (χ3n) is 4.67. The predicted octanol–water partition coefficient (Wildman–Crippen LogP) is 1.00. The first-order chi connectivity index (χ1) is 11.5. The van der Waals surface area contributed by atoms with E-state index in [-0.39, 0.29) is 35.3 Å². The molecule has 2 heterocycles. The van der Waals surface area contributed by atoms with Gasteiger partial charge in [-0.2, -0.15) is 0 Å². The Morgan fingerprint density at radius 1 is 1.29 bits per heavy atom. The van der Waals surface area contributed by atoms with E-state index in [2.05, 4.69) is 17.1 Å². The van der Waals surface area contributed by atoms with E-state index in [0.29, 0.717) is 18.2 Å². The fraction of sp³-hybridized carbons (Fsp3) is 0.588. The van der Waals surface area contributed by atoms with Gasteiger partial charge < -0.3 is 24.6 Å². The van der Waals surface area contributed by atoms with Gasteiger partial charge in [0.05, 0.1) is 26.9 Å². The van der Waals surface area contributed by atoms with Crippen molar-refractivity contribution in [2.45, 2.75) is 31.5 Å². The van der Waals surface area contributed by atoms with Gasteiger partial charge in [0.2, 0.25) is 5.75 Å². The Hall–Kier alpha value is -1.99. The summed E-state index contributed by atoms with van der Waals surface area (Å²) in [5, 5.41) is 13.0. The molecule has 2 aliphatic heterocycles. The predicted molar refractivity (Wildman–Crippen MR) is 87.9 cm³/mol. The largest absolute Gasteiger partial charge is 0.502 e. The van der Waals surface area contributed by atoms with Gasteiger partial charge in [0.15, 0.2) is 11.5 Å². The molecule has 2 fully saturated rings. The maximum Gasteiger partial charge on any atom is 0.251 e. The summed E-state index contributed by atoms with van der Waals surface area (Å²) in [6, 6.07) is 3.49. The molecule has 1 amide bonds. The van der Waals surface area contributed by atoms with E-state index < -0.39 is 0 Å². The van der Waals surface area contributed by atoms with Crippen LogP contribution in [0.4, 0.5) is 0 Å². The summed E-state index contributed by atoms with van der Waals surface area (Å²) in [6.07, 6.45) is 1.12. The van der Waals surface area contributed by atoms with Crippen LogP contribution in [0.5, 0.6) is 17.2 Å². The lowest BCUT2D eigenvalue weighted by Crippen LogP contribution is -2.45. The second-order valence-electron chi connectivity index (χ2n) is 6.39. The molecular formula is C17H24N2O5. The first kappa shape index (κ1) is 16.9. The monoisotopic (exact) mass is 336 g/mol. The van der Waals surface area contributed by atoms with Gasteiger partial charge in [0.1, 0.15) is 0 Å². The van der Waals surface area contributed by atoms with Gasteiger partial charge in [-0.3, -0.25) is 9.69 Å². The number of aromatic hydroxyl groups is 1. The molecule has 3 rings (SSSR count). The van der Waals surface area contributed by atoms with Crippen molar-refractivity contribution < 1.29 is 24.1 Å². The SMILES string of the molecule is COc1cc(C(=O)N[C@@H]2C[C@H]3CO[C@@H](C)CN3C2)cc(OC)c1O. The molecule has 0 unspecified atom stereocenters. The van der Waals surface area contributed by atoms with Crippen molar-refractivity contribution in [3.8, 4) is 17.2 Å². The third kappa shape index (κ3) is 3.27. The highest BCUT2D eigenvalue weighted by Crippen LogP contribution is 2.37. The van der Waals surface area contributed by atoms with Crippen LogP contribution in [0.2, 0.25) is 0 Å². The number of hydrogen-bond acceptors (Lipinski definition) is 6. The molecule has 2 aliphatic rings. The maximum absolute atomic E-state index is 12.6. The molecule has 2 saturated heterocycles. The fourth-order valence-corrected chi connectivity index (χ4v) is 3.44. The van der Waals surface area contributed by atoms with Crippen molar-refractivity contribution in [3.05, 3.63) is 17.7 Å². The third-order valence-corrected chi connectivity index (χ3v) is 4.67. The maximum atomic E-state index is 12.6. The van der Waals surface area contributed by atoms with E-state index >= 15 is 0 Å². The number of nitrogens with one attached hydrogen (secondary N) is 1. The van der Waals surface area contributed by atoms with Crippen LogP contribution in [-0.2, 0) is 4.74 Å². The molecule has 7 heteroatoms. The van der Waals surface area contributed by atoms with E-state index in [1.807, 2.05) is 0 Å². The highest BCUT2D eigenvalue weighted by atomic mass is 16.5. The van der Waals surface area contributed by atoms with Gasteiger partial charge in [0, 0.05) is 30.7 Å². The van der Waals surface area contributed by atoms with Crippen LogP contribution < -0.4 is 14.8 Å². The number of phenolic OH excluding ortho intramolecular Hbond substituents is 1.